The quantitative estimate of drug-likeness (QED) is 0.696. The lowest BCUT2D eigenvalue weighted by Crippen LogP contribution is -2.14. The van der Waals surface area contributed by atoms with Crippen LogP contribution in [0, 0.1) is 28.5 Å². The van der Waals surface area contributed by atoms with Gasteiger partial charge in [-0.05, 0) is 35.9 Å². The zero-order chi connectivity index (χ0) is 15.9. The molecule has 0 aliphatic carbocycles. The Kier molecular flexibility index (Phi) is 4.64. The molecule has 0 spiro atoms. The summed E-state index contributed by atoms with van der Waals surface area (Å²) in [4.78, 5) is 12.0. The SMILES string of the molecule is N#C/C(=C\c1ccc(C#N)cc1)C(=O)Nc1ccccc1F. The van der Waals surface area contributed by atoms with Crippen LogP contribution in [0.15, 0.2) is 54.1 Å². The first-order chi connectivity index (χ1) is 10.6. The fraction of sp³-hybridized carbons (Fsp3) is 0. The second-order valence-electron chi connectivity index (χ2n) is 4.34. The van der Waals surface area contributed by atoms with Crippen LogP contribution in [-0.2, 0) is 4.79 Å². The summed E-state index contributed by atoms with van der Waals surface area (Å²) >= 11 is 0. The third-order valence-electron chi connectivity index (χ3n) is 2.84. The van der Waals surface area contributed by atoms with Gasteiger partial charge in [0, 0.05) is 0 Å². The molecule has 2 aromatic carbocycles. The molecule has 0 bridgehead atoms. The number of benzene rings is 2. The molecule has 0 aliphatic heterocycles. The molecule has 0 aromatic heterocycles. The molecule has 4 nitrogen and oxygen atoms in total. The third kappa shape index (κ3) is 3.56. The molecule has 0 saturated carbocycles. The smallest absolute Gasteiger partial charge is 0.266 e. The van der Waals surface area contributed by atoms with Gasteiger partial charge in [0.2, 0.25) is 0 Å². The van der Waals surface area contributed by atoms with Gasteiger partial charge in [-0.25, -0.2) is 4.39 Å². The van der Waals surface area contributed by atoms with E-state index in [2.05, 4.69) is 5.32 Å². The van der Waals surface area contributed by atoms with Crippen molar-refractivity contribution in [1.29, 1.82) is 10.5 Å². The molecular weight excluding hydrogens is 281 g/mol. The van der Waals surface area contributed by atoms with Gasteiger partial charge in [-0.1, -0.05) is 24.3 Å². The van der Waals surface area contributed by atoms with Crippen molar-refractivity contribution >= 4 is 17.7 Å². The Balaban J connectivity index is 2.22. The van der Waals surface area contributed by atoms with E-state index >= 15 is 0 Å². The Hall–Kier alpha value is -3.44. The molecular formula is C17H10FN3O. The van der Waals surface area contributed by atoms with Crippen molar-refractivity contribution in [2.75, 3.05) is 5.32 Å². The highest BCUT2D eigenvalue weighted by molar-refractivity contribution is 6.09. The number of hydrogen-bond donors (Lipinski definition) is 1. The zero-order valence-corrected chi connectivity index (χ0v) is 11.4. The molecule has 0 unspecified atom stereocenters. The summed E-state index contributed by atoms with van der Waals surface area (Å²) in [5.41, 5.74) is 0.923. The van der Waals surface area contributed by atoms with Crippen LogP contribution in [0.25, 0.3) is 6.08 Å². The maximum Gasteiger partial charge on any atom is 0.266 e. The van der Waals surface area contributed by atoms with E-state index in [-0.39, 0.29) is 11.3 Å². The number of carbonyl (C=O) groups excluding carboxylic acids is 1. The molecule has 1 amide bonds. The maximum absolute atomic E-state index is 13.5. The van der Waals surface area contributed by atoms with E-state index in [4.69, 9.17) is 10.5 Å². The highest BCUT2D eigenvalue weighted by atomic mass is 19.1. The fourth-order valence-corrected chi connectivity index (χ4v) is 1.72. The van der Waals surface area contributed by atoms with Crippen molar-refractivity contribution in [3.63, 3.8) is 0 Å². The maximum atomic E-state index is 13.5. The van der Waals surface area contributed by atoms with E-state index in [1.54, 1.807) is 36.4 Å². The normalized spacial score (nSPS) is 10.4. The number of halogens is 1. The predicted octanol–water partition coefficient (Wildman–Crippen LogP) is 3.24. The Labute approximate surface area is 126 Å². The first-order valence-electron chi connectivity index (χ1n) is 6.32. The first kappa shape index (κ1) is 15.0. The van der Waals surface area contributed by atoms with E-state index in [1.165, 1.54) is 24.3 Å². The summed E-state index contributed by atoms with van der Waals surface area (Å²) in [5.74, 6) is -1.27. The van der Waals surface area contributed by atoms with Crippen molar-refractivity contribution in [3.05, 3.63) is 71.0 Å². The molecule has 0 heterocycles. The van der Waals surface area contributed by atoms with E-state index in [9.17, 15) is 9.18 Å². The molecule has 2 aromatic rings. The number of nitrogens with one attached hydrogen (secondary N) is 1. The Morgan fingerprint density at radius 1 is 1.09 bits per heavy atom. The average Bonchev–Trinajstić information content (AvgIpc) is 2.55. The average molecular weight is 291 g/mol. The van der Waals surface area contributed by atoms with Crippen molar-refractivity contribution in [2.24, 2.45) is 0 Å². The molecule has 22 heavy (non-hydrogen) atoms. The lowest BCUT2D eigenvalue weighted by molar-refractivity contribution is -0.112. The summed E-state index contributed by atoms with van der Waals surface area (Å²) in [6.45, 7) is 0. The van der Waals surface area contributed by atoms with Gasteiger partial charge < -0.3 is 5.32 Å². The van der Waals surface area contributed by atoms with Crippen molar-refractivity contribution in [2.45, 2.75) is 0 Å². The summed E-state index contributed by atoms with van der Waals surface area (Å²) in [7, 11) is 0. The number of amides is 1. The lowest BCUT2D eigenvalue weighted by atomic mass is 10.1. The van der Waals surface area contributed by atoms with Gasteiger partial charge in [0.15, 0.2) is 0 Å². The van der Waals surface area contributed by atoms with Gasteiger partial charge in [0.05, 0.1) is 17.3 Å². The number of carbonyl (C=O) groups is 1. The Bertz CT molecular complexity index is 811. The molecule has 0 atom stereocenters. The summed E-state index contributed by atoms with van der Waals surface area (Å²) in [6.07, 6.45) is 1.37. The number of para-hydroxylation sites is 1. The molecule has 0 radical (unpaired) electrons. The second kappa shape index (κ2) is 6.83. The van der Waals surface area contributed by atoms with Crippen molar-refractivity contribution in [1.82, 2.24) is 0 Å². The monoisotopic (exact) mass is 291 g/mol. The van der Waals surface area contributed by atoms with E-state index in [0.29, 0.717) is 11.1 Å². The molecule has 5 heteroatoms. The van der Waals surface area contributed by atoms with Crippen molar-refractivity contribution in [3.8, 4) is 12.1 Å². The van der Waals surface area contributed by atoms with Crippen LogP contribution in [-0.4, -0.2) is 5.91 Å². The van der Waals surface area contributed by atoms with Gasteiger partial charge >= 0.3 is 0 Å². The van der Waals surface area contributed by atoms with Gasteiger partial charge in [-0.15, -0.1) is 0 Å². The van der Waals surface area contributed by atoms with E-state index < -0.39 is 11.7 Å². The van der Waals surface area contributed by atoms with Crippen LogP contribution in [0.1, 0.15) is 11.1 Å². The van der Waals surface area contributed by atoms with E-state index in [1.807, 2.05) is 6.07 Å². The molecule has 0 fully saturated rings. The highest BCUT2D eigenvalue weighted by Crippen LogP contribution is 2.15. The Morgan fingerprint density at radius 3 is 2.36 bits per heavy atom. The minimum Gasteiger partial charge on any atom is -0.319 e. The van der Waals surface area contributed by atoms with Crippen LogP contribution in [0.3, 0.4) is 0 Å². The molecule has 2 rings (SSSR count). The van der Waals surface area contributed by atoms with Crippen LogP contribution < -0.4 is 5.32 Å². The first-order valence-corrected chi connectivity index (χ1v) is 6.32. The highest BCUT2D eigenvalue weighted by Gasteiger charge is 2.11. The minimum absolute atomic E-state index is 0.00785. The summed E-state index contributed by atoms with van der Waals surface area (Å²) < 4.78 is 13.5. The largest absolute Gasteiger partial charge is 0.319 e. The molecule has 1 N–H and O–H groups in total. The minimum atomic E-state index is -0.697. The van der Waals surface area contributed by atoms with Crippen LogP contribution in [0.4, 0.5) is 10.1 Å². The van der Waals surface area contributed by atoms with Gasteiger partial charge in [0.1, 0.15) is 17.5 Å². The number of nitrogens with zero attached hydrogens (tertiary/aromatic N) is 2. The third-order valence-corrected chi connectivity index (χ3v) is 2.84. The Morgan fingerprint density at radius 2 is 1.77 bits per heavy atom. The second-order valence-corrected chi connectivity index (χ2v) is 4.34. The molecule has 0 saturated heterocycles. The number of hydrogen-bond acceptors (Lipinski definition) is 3. The zero-order valence-electron chi connectivity index (χ0n) is 11.4. The lowest BCUT2D eigenvalue weighted by Gasteiger charge is -2.05. The van der Waals surface area contributed by atoms with Gasteiger partial charge in [-0.2, -0.15) is 10.5 Å². The van der Waals surface area contributed by atoms with E-state index in [0.717, 1.165) is 0 Å². The van der Waals surface area contributed by atoms with Crippen molar-refractivity contribution < 1.29 is 9.18 Å². The van der Waals surface area contributed by atoms with Crippen LogP contribution in [0.2, 0.25) is 0 Å². The molecule has 106 valence electrons. The predicted molar refractivity (Wildman–Crippen MR) is 79.8 cm³/mol. The van der Waals surface area contributed by atoms with Crippen LogP contribution in [0.5, 0.6) is 0 Å². The van der Waals surface area contributed by atoms with Crippen LogP contribution >= 0.6 is 0 Å². The topological polar surface area (TPSA) is 76.7 Å². The van der Waals surface area contributed by atoms with Gasteiger partial charge in [0.25, 0.3) is 5.91 Å². The number of rotatable bonds is 3. The summed E-state index contributed by atoms with van der Waals surface area (Å²) in [6, 6.07) is 15.9. The number of nitriles is 2. The number of anilines is 1. The molecule has 0 aliphatic rings. The standard InChI is InChI=1S/C17H10FN3O/c18-15-3-1-2-4-16(15)21-17(22)14(11-20)9-12-5-7-13(10-19)8-6-12/h1-9H,(H,21,22)/b14-9+. The fourth-order valence-electron chi connectivity index (χ4n) is 1.72. The van der Waals surface area contributed by atoms with Gasteiger partial charge in [-0.3, -0.25) is 4.79 Å². The summed E-state index contributed by atoms with van der Waals surface area (Å²) in [5, 5.41) is 20.1.